The number of rotatable bonds is 3. The molecule has 3 aromatic rings. The highest BCUT2D eigenvalue weighted by Crippen LogP contribution is 2.31. The fourth-order valence-corrected chi connectivity index (χ4v) is 3.60. The summed E-state index contributed by atoms with van der Waals surface area (Å²) in [6.45, 7) is 6.85. The number of anilines is 1. The summed E-state index contributed by atoms with van der Waals surface area (Å²) in [5.74, 6) is 0.410. The number of ether oxygens (including phenoxy) is 1. The second-order valence-electron chi connectivity index (χ2n) is 6.91. The molecule has 3 aromatic heterocycles. The van der Waals surface area contributed by atoms with E-state index in [2.05, 4.69) is 14.9 Å². The molecular formula is C20H22N6O2. The van der Waals surface area contributed by atoms with Crippen LogP contribution < -0.4 is 9.64 Å². The molecule has 0 saturated carbocycles. The first-order chi connectivity index (χ1) is 13.5. The van der Waals surface area contributed by atoms with E-state index in [4.69, 9.17) is 14.8 Å². The van der Waals surface area contributed by atoms with E-state index in [1.165, 1.54) is 6.92 Å². The van der Waals surface area contributed by atoms with Crippen molar-refractivity contribution in [2.24, 2.45) is 4.99 Å². The highest BCUT2D eigenvalue weighted by Gasteiger charge is 2.24. The number of imidazole rings is 1. The number of methoxy groups -OCH3 is 1. The smallest absolute Gasteiger partial charge is 0.242 e. The fraction of sp³-hybridized carbons (Fsp3) is 0.350. The molecule has 1 amide bonds. The normalized spacial score (nSPS) is 15.6. The van der Waals surface area contributed by atoms with Crippen LogP contribution in [0.15, 0.2) is 29.4 Å². The molecule has 1 fully saturated rings. The maximum absolute atomic E-state index is 11.3. The quantitative estimate of drug-likeness (QED) is 0.696. The van der Waals surface area contributed by atoms with E-state index >= 15 is 0 Å². The molecule has 4 rings (SSSR count). The van der Waals surface area contributed by atoms with Crippen LogP contribution in [0.4, 0.5) is 5.69 Å². The Morgan fingerprint density at radius 3 is 2.79 bits per heavy atom. The zero-order valence-corrected chi connectivity index (χ0v) is 16.4. The Morgan fingerprint density at radius 2 is 2.11 bits per heavy atom. The number of aliphatic imine (C=N–C) groups is 1. The maximum atomic E-state index is 11.3. The fourth-order valence-electron chi connectivity index (χ4n) is 3.60. The molecule has 1 aliphatic heterocycles. The van der Waals surface area contributed by atoms with Crippen molar-refractivity contribution in [3.63, 3.8) is 0 Å². The number of amides is 1. The van der Waals surface area contributed by atoms with Crippen LogP contribution in [-0.4, -0.2) is 51.4 Å². The molecule has 0 aliphatic carbocycles. The van der Waals surface area contributed by atoms with Gasteiger partial charge >= 0.3 is 0 Å². The minimum absolute atomic E-state index is 0.154. The Labute approximate surface area is 162 Å². The van der Waals surface area contributed by atoms with E-state index in [0.717, 1.165) is 52.7 Å². The molecule has 28 heavy (non-hydrogen) atoms. The molecule has 0 unspecified atom stereocenters. The minimum Gasteiger partial charge on any atom is -0.481 e. The Morgan fingerprint density at radius 1 is 1.29 bits per heavy atom. The highest BCUT2D eigenvalue weighted by atomic mass is 16.5. The number of hydrogen-bond acceptors (Lipinski definition) is 6. The third-order valence-corrected chi connectivity index (χ3v) is 4.78. The van der Waals surface area contributed by atoms with Crippen molar-refractivity contribution in [2.75, 3.05) is 25.1 Å². The predicted octanol–water partition coefficient (Wildman–Crippen LogP) is 2.61. The first-order valence-electron chi connectivity index (χ1n) is 9.15. The summed E-state index contributed by atoms with van der Waals surface area (Å²) in [6.07, 6.45) is 2.55. The predicted molar refractivity (Wildman–Crippen MR) is 107 cm³/mol. The zero-order chi connectivity index (χ0) is 19.8. The number of nitrogens with zero attached hydrogens (tertiary/aromatic N) is 6. The van der Waals surface area contributed by atoms with Gasteiger partial charge in [-0.05, 0) is 26.0 Å². The van der Waals surface area contributed by atoms with E-state index in [0.29, 0.717) is 12.4 Å². The standard InChI is InChI=1S/C20H22N6O2/c1-12-9-17(25-8-7-16(11-25)23-14(3)27)20-22-13(2)19(26(20)24-12)15-5-6-18(28-4)21-10-15/h5-6,9-10H,7-8,11H2,1-4H3. The number of hydrogen-bond donors (Lipinski definition) is 0. The average molecular weight is 378 g/mol. The number of carbonyl (C=O) groups is 1. The third kappa shape index (κ3) is 3.21. The Bertz CT molecular complexity index is 1080. The van der Waals surface area contributed by atoms with Gasteiger partial charge in [-0.2, -0.15) is 5.10 Å². The topological polar surface area (TPSA) is 85.0 Å². The lowest BCUT2D eigenvalue weighted by molar-refractivity contribution is -0.115. The number of pyridine rings is 1. The second-order valence-corrected chi connectivity index (χ2v) is 6.91. The van der Waals surface area contributed by atoms with Crippen LogP contribution in [0.3, 0.4) is 0 Å². The summed E-state index contributed by atoms with van der Waals surface area (Å²) < 4.78 is 7.03. The molecule has 0 aromatic carbocycles. The summed E-state index contributed by atoms with van der Waals surface area (Å²) >= 11 is 0. The van der Waals surface area contributed by atoms with E-state index in [9.17, 15) is 4.79 Å². The van der Waals surface area contributed by atoms with Crippen molar-refractivity contribution in [1.82, 2.24) is 19.6 Å². The molecule has 0 N–H and O–H groups in total. The average Bonchev–Trinajstić information content (AvgIpc) is 3.24. The zero-order valence-electron chi connectivity index (χ0n) is 16.4. The van der Waals surface area contributed by atoms with Crippen molar-refractivity contribution in [2.45, 2.75) is 27.2 Å². The van der Waals surface area contributed by atoms with Gasteiger partial charge in [-0.3, -0.25) is 4.79 Å². The van der Waals surface area contributed by atoms with Crippen molar-refractivity contribution in [3.8, 4) is 17.1 Å². The monoisotopic (exact) mass is 378 g/mol. The number of carbonyl (C=O) groups excluding carboxylic acids is 1. The number of fused-ring (bicyclic) bond motifs is 1. The van der Waals surface area contributed by atoms with Gasteiger partial charge in [-0.15, -0.1) is 0 Å². The van der Waals surface area contributed by atoms with Crippen LogP contribution in [0.2, 0.25) is 0 Å². The maximum Gasteiger partial charge on any atom is 0.242 e. The van der Waals surface area contributed by atoms with Gasteiger partial charge in [0.2, 0.25) is 11.8 Å². The van der Waals surface area contributed by atoms with Gasteiger partial charge in [-0.1, -0.05) is 0 Å². The molecule has 0 spiro atoms. The van der Waals surface area contributed by atoms with E-state index in [1.54, 1.807) is 13.3 Å². The molecule has 8 nitrogen and oxygen atoms in total. The Kier molecular flexibility index (Phi) is 4.54. The molecule has 144 valence electrons. The first kappa shape index (κ1) is 18.1. The summed E-state index contributed by atoms with van der Waals surface area (Å²) in [4.78, 5) is 26.7. The van der Waals surface area contributed by atoms with Crippen LogP contribution in [0, 0.1) is 13.8 Å². The highest BCUT2D eigenvalue weighted by molar-refractivity contribution is 6.00. The first-order valence-corrected chi connectivity index (χ1v) is 9.15. The molecule has 1 aliphatic rings. The summed E-state index contributed by atoms with van der Waals surface area (Å²) in [5, 5.41) is 4.70. The van der Waals surface area contributed by atoms with E-state index < -0.39 is 0 Å². The van der Waals surface area contributed by atoms with Crippen LogP contribution >= 0.6 is 0 Å². The van der Waals surface area contributed by atoms with Gasteiger partial charge in [0.25, 0.3) is 0 Å². The van der Waals surface area contributed by atoms with Gasteiger partial charge in [0.15, 0.2) is 5.65 Å². The van der Waals surface area contributed by atoms with Gasteiger partial charge in [0.1, 0.15) is 0 Å². The SMILES string of the molecule is COc1ccc(-c2c(C)nc3c(N4CCC(=NC(C)=O)C4)cc(C)nn23)cn1. The molecule has 0 atom stereocenters. The van der Waals surface area contributed by atoms with Crippen molar-refractivity contribution in [3.05, 3.63) is 35.8 Å². The van der Waals surface area contributed by atoms with Crippen molar-refractivity contribution < 1.29 is 9.53 Å². The summed E-state index contributed by atoms with van der Waals surface area (Å²) in [5.41, 5.74) is 6.29. The van der Waals surface area contributed by atoms with Crippen molar-refractivity contribution in [1.29, 1.82) is 0 Å². The van der Waals surface area contributed by atoms with E-state index in [-0.39, 0.29) is 5.91 Å². The molecule has 4 heterocycles. The van der Waals surface area contributed by atoms with Crippen LogP contribution in [0.1, 0.15) is 24.7 Å². The minimum atomic E-state index is -0.154. The lowest BCUT2D eigenvalue weighted by atomic mass is 10.2. The lowest BCUT2D eigenvalue weighted by Crippen LogP contribution is -2.21. The van der Waals surface area contributed by atoms with Gasteiger partial charge in [-0.25, -0.2) is 19.5 Å². The van der Waals surface area contributed by atoms with Crippen molar-refractivity contribution >= 4 is 23.0 Å². The van der Waals surface area contributed by atoms with Crippen LogP contribution in [0.25, 0.3) is 16.9 Å². The summed E-state index contributed by atoms with van der Waals surface area (Å²) in [7, 11) is 1.60. The Balaban J connectivity index is 1.81. The molecule has 1 saturated heterocycles. The van der Waals surface area contributed by atoms with Gasteiger partial charge < -0.3 is 9.64 Å². The Hall–Kier alpha value is -3.29. The molecule has 0 radical (unpaired) electrons. The molecule has 8 heteroatoms. The summed E-state index contributed by atoms with van der Waals surface area (Å²) in [6, 6.07) is 5.82. The number of aryl methyl sites for hydroxylation is 2. The third-order valence-electron chi connectivity index (χ3n) is 4.78. The lowest BCUT2D eigenvalue weighted by Gasteiger charge is -2.18. The van der Waals surface area contributed by atoms with Gasteiger partial charge in [0.05, 0.1) is 36.4 Å². The number of aromatic nitrogens is 4. The largest absolute Gasteiger partial charge is 0.481 e. The van der Waals surface area contributed by atoms with Crippen LogP contribution in [0.5, 0.6) is 5.88 Å². The van der Waals surface area contributed by atoms with Crippen LogP contribution in [-0.2, 0) is 4.79 Å². The second kappa shape index (κ2) is 7.03. The molecular weight excluding hydrogens is 356 g/mol. The molecule has 0 bridgehead atoms. The van der Waals surface area contributed by atoms with E-state index in [1.807, 2.05) is 36.6 Å². The van der Waals surface area contributed by atoms with Gasteiger partial charge in [0, 0.05) is 43.4 Å².